The van der Waals surface area contributed by atoms with Gasteiger partial charge in [-0.05, 0) is 86.6 Å². The fraction of sp³-hybridized carbons (Fsp3) is 0.533. The Labute approximate surface area is 771 Å². The lowest BCUT2D eigenvalue weighted by atomic mass is 9.90. The van der Waals surface area contributed by atoms with Crippen LogP contribution in [-0.2, 0) is 107 Å². The minimum atomic E-state index is -1.83. The molecule has 19 N–H and O–H groups in total. The summed E-state index contributed by atoms with van der Waals surface area (Å²) in [6, 6.07) is 6.70. The minimum Gasteiger partial charge on any atom is -0.394 e. The van der Waals surface area contributed by atoms with Crippen LogP contribution in [0.1, 0.15) is 160 Å². The van der Waals surface area contributed by atoms with Gasteiger partial charge in [-0.2, -0.15) is 0 Å². The van der Waals surface area contributed by atoms with Crippen molar-refractivity contribution in [2.75, 3.05) is 65.9 Å². The lowest BCUT2D eigenvalue weighted by Gasteiger charge is -2.36. The number of aliphatic hydroxyl groups excluding tert-OH is 1. The molecule has 0 bridgehead atoms. The van der Waals surface area contributed by atoms with Gasteiger partial charge in [-0.25, -0.2) is 4.98 Å². The van der Waals surface area contributed by atoms with Crippen molar-refractivity contribution < 1.29 is 86.6 Å². The van der Waals surface area contributed by atoms with E-state index in [4.69, 9.17) is 22.6 Å². The molecule has 6 aromatic rings. The third kappa shape index (κ3) is 30.3. The predicted octanol–water partition coefficient (Wildman–Crippen LogP) is 1.28. The van der Waals surface area contributed by atoms with Gasteiger partial charge in [0.2, 0.25) is 82.7 Å². The number of ketones is 3. The summed E-state index contributed by atoms with van der Waals surface area (Å²) in [5.74, 6) is -17.9. The number of Topliss-reactive ketones (excluding diaryl/α,β-unsaturated/α-hetero) is 3. The Morgan fingerprint density at radius 1 is 0.561 bits per heavy atom. The summed E-state index contributed by atoms with van der Waals surface area (Å²) in [6.45, 7) is 6.87. The maximum atomic E-state index is 15.7. The number of rotatable bonds is 27. The molecule has 2 aliphatic heterocycles. The normalized spacial score (nSPS) is 23.7. The van der Waals surface area contributed by atoms with Crippen LogP contribution in [0.15, 0.2) is 104 Å². The monoisotopic (exact) mass is 1850 g/mol. The van der Waals surface area contributed by atoms with E-state index in [0.717, 1.165) is 21.6 Å². The largest absolute Gasteiger partial charge is 0.394 e. The number of carbonyl (C=O) groups excluding carboxylic acids is 17. The van der Waals surface area contributed by atoms with Crippen LogP contribution in [-0.4, -0.2) is 288 Å². The molecule has 2 aliphatic rings. The molecule has 3 aromatic carbocycles. The number of carbonyl (C=O) groups is 17. The molecule has 5 heterocycles. The molecular weight excluding hydrogens is 1720 g/mol. The molecule has 14 amide bonds. The molecule has 132 heavy (non-hydrogen) atoms. The number of hydrogen-bond acceptors (Lipinski definition) is 21. The number of fused-ring (bicyclic) bond motifs is 3. The quantitative estimate of drug-likeness (QED) is 0.0196. The molecule has 13 atom stereocenters. The van der Waals surface area contributed by atoms with Gasteiger partial charge in [0.05, 0.1) is 55.7 Å². The van der Waals surface area contributed by atoms with Gasteiger partial charge >= 0.3 is 0 Å². The number of likely N-dealkylation sites (N-methyl/N-ethyl adjacent to an activating group) is 4. The van der Waals surface area contributed by atoms with E-state index in [0.29, 0.717) is 69.9 Å². The van der Waals surface area contributed by atoms with Crippen LogP contribution in [0.4, 0.5) is 0 Å². The van der Waals surface area contributed by atoms with Crippen molar-refractivity contribution in [1.29, 1.82) is 5.41 Å². The molecule has 0 saturated carbocycles. The number of amides is 14. The van der Waals surface area contributed by atoms with Crippen molar-refractivity contribution >= 4 is 140 Å². The highest BCUT2D eigenvalue weighted by Crippen LogP contribution is 2.29. The molecule has 39 nitrogen and oxygen atoms in total. The van der Waals surface area contributed by atoms with Crippen molar-refractivity contribution in [3.05, 3.63) is 126 Å². The fourth-order valence-corrected chi connectivity index (χ4v) is 17.4. The second-order valence-electron chi connectivity index (χ2n) is 34.5. The third-order valence-corrected chi connectivity index (χ3v) is 25.0. The second kappa shape index (κ2) is 51.1. The Hall–Kier alpha value is -12.9. The number of hydrogen-bond donors (Lipinski definition) is 16. The Morgan fingerprint density at radius 2 is 1.12 bits per heavy atom. The van der Waals surface area contributed by atoms with Crippen molar-refractivity contribution in [3.63, 3.8) is 0 Å². The van der Waals surface area contributed by atoms with E-state index in [2.05, 4.69) is 62.5 Å². The zero-order chi connectivity index (χ0) is 96.6. The number of imidazole rings is 1. The van der Waals surface area contributed by atoms with E-state index in [1.807, 2.05) is 13.8 Å². The van der Waals surface area contributed by atoms with Gasteiger partial charge in [-0.1, -0.05) is 120 Å². The van der Waals surface area contributed by atoms with E-state index in [1.54, 1.807) is 105 Å². The average molecular weight is 1850 g/mol. The summed E-state index contributed by atoms with van der Waals surface area (Å²) >= 11 is 0.859. The molecule has 2 saturated heterocycles. The Balaban J connectivity index is 1.18. The van der Waals surface area contributed by atoms with Crippen molar-refractivity contribution in [2.45, 2.75) is 229 Å². The van der Waals surface area contributed by atoms with Crippen molar-refractivity contribution in [2.24, 2.45) is 35.0 Å². The number of para-hydroxylation sites is 2. The van der Waals surface area contributed by atoms with Crippen LogP contribution in [0.25, 0.3) is 21.8 Å². The topological polar surface area (TPSA) is 585 Å². The lowest BCUT2D eigenvalue weighted by molar-refractivity contribution is -0.149. The van der Waals surface area contributed by atoms with Gasteiger partial charge in [-0.15, -0.1) is 11.8 Å². The van der Waals surface area contributed by atoms with Gasteiger partial charge in [0.25, 0.3) is 0 Å². The zero-order valence-corrected chi connectivity index (χ0v) is 77.3. The molecule has 0 radical (unpaired) electrons. The predicted molar refractivity (Wildman–Crippen MR) is 493 cm³/mol. The molecule has 1 unspecified atom stereocenters. The number of nitrogens with two attached hydrogens (primary N) is 3. The number of guanidine groups is 1. The molecule has 3 aromatic heterocycles. The first kappa shape index (κ1) is 104. The average Bonchev–Trinajstić information content (AvgIpc) is 1.48. The highest BCUT2D eigenvalue weighted by molar-refractivity contribution is 8.00. The number of thioether (sulfide) groups is 1. The van der Waals surface area contributed by atoms with Crippen LogP contribution in [0.5, 0.6) is 0 Å². The minimum absolute atomic E-state index is 0.00632. The van der Waals surface area contributed by atoms with Gasteiger partial charge in [0.1, 0.15) is 48.3 Å². The number of H-pyrrole nitrogens is 3. The summed E-state index contributed by atoms with van der Waals surface area (Å²) in [5.41, 5.74) is 20.3. The van der Waals surface area contributed by atoms with E-state index < -0.39 is 229 Å². The molecular formula is C92H129N21O18S. The number of unbranched alkanes of at least 4 members (excludes halogenated alkanes) is 2. The number of primary amides is 2. The molecule has 8 rings (SSSR count). The first-order chi connectivity index (χ1) is 62.9. The molecule has 40 heteroatoms. The Kier molecular flexibility index (Phi) is 40.4. The summed E-state index contributed by atoms with van der Waals surface area (Å²) < 4.78 is 0. The first-order valence-corrected chi connectivity index (χ1v) is 46.1. The van der Waals surface area contributed by atoms with Gasteiger partial charge in [0.15, 0.2) is 23.3 Å². The number of nitrogens with zero attached hydrogens (tertiary/aromatic N) is 6. The Morgan fingerprint density at radius 3 is 1.73 bits per heavy atom. The van der Waals surface area contributed by atoms with E-state index >= 15 is 28.8 Å². The SMILES string of the molecule is CCCC[C@H]1C(=O)N(C)[C@@H](CCCC)C(=O)C[C@@H](CCCNC(=N)N)C(=O)N[C@@H](C(=O)CCC(N)=O)CSCC(=O)N[C@@H](Cc2ccccc2)C(=O)N(C)[C@@H](C)C(=O)N[C@@H](CC(N)=O)C(=O)N2CCCC2C(=O)C[C@@H](Cc2cnc[nH]2)C(=O)N[C@@H](CC(C)C)C(=O)N(C)CC(=O)N[C@@H](Cc2c[nH]c3ccccc23)C(=O)N[C@@H](CO)C(=O)N[C@@H](Cc2c[nH]c3ccccc23)C(=O)N1C. The van der Waals surface area contributed by atoms with Crippen molar-refractivity contribution in [3.8, 4) is 0 Å². The third-order valence-electron chi connectivity index (χ3n) is 24.0. The highest BCUT2D eigenvalue weighted by Gasteiger charge is 2.44. The fourth-order valence-electron chi connectivity index (χ4n) is 16.5. The van der Waals surface area contributed by atoms with Gasteiger partial charge < -0.3 is 104 Å². The molecule has 0 aliphatic carbocycles. The van der Waals surface area contributed by atoms with Crippen LogP contribution in [0.2, 0.25) is 0 Å². The van der Waals surface area contributed by atoms with E-state index in [1.165, 1.54) is 62.3 Å². The van der Waals surface area contributed by atoms with E-state index in [9.17, 15) is 57.8 Å². The number of aromatic nitrogens is 4. The van der Waals surface area contributed by atoms with Crippen LogP contribution >= 0.6 is 11.8 Å². The van der Waals surface area contributed by atoms with Gasteiger partial charge in [0, 0.05) is 150 Å². The standard InChI is InChI=1S/C92H129N21O18S/c1-10-12-30-72-76(116)42-56(25-21-35-98-92(95)96)83(123)108-71(75(115)33-34-78(93)118)50-132-51-81(121)103-67(38-55-23-15-14-16-24-55)88(128)110(7)54(5)82(122)104-69(44-79(94)119)90(130)113-36-22-32-73(113)77(117)43-57(39-60-47-97-52-101-60)84(124)105-66(37-53(3)4)87(127)109(6)48-80(120)102-65(40-58-45-99-63-28-19-17-26-61(58)63)85(125)107-70(49-114)86(126)106-68(41-59-46-100-64-29-20-18-27-62(59)64)89(129)112(9)74(31-13-11-2)91(131)111(72)8/h14-20,23-24,26-29,45-47,52-54,56-57,65-74,99-100,114H,10-13,21-22,25,30-44,48-51H2,1-9H3,(H2,93,118)(H2,94,119)(H,97,101)(H,102,120)(H,103,121)(H,104,122)(H,105,124)(H,106,126)(H,107,125)(H,108,123)(H4,95,96,98)/t54-,56+,57+,65-,66-,67-,68-,69-,70-,71+,72-,73?,74-/m0/s1. The number of aromatic amines is 3. The van der Waals surface area contributed by atoms with Gasteiger partial charge in [-0.3, -0.25) is 86.9 Å². The van der Waals surface area contributed by atoms with Crippen LogP contribution in [0.3, 0.4) is 0 Å². The van der Waals surface area contributed by atoms with Crippen molar-refractivity contribution in [1.82, 2.24) is 87.0 Å². The lowest BCUT2D eigenvalue weighted by Crippen LogP contribution is -2.60. The smallest absolute Gasteiger partial charge is 0.246 e. The van der Waals surface area contributed by atoms with Crippen LogP contribution in [0, 0.1) is 23.2 Å². The summed E-state index contributed by atoms with van der Waals surface area (Å²) in [7, 11) is 5.36. The zero-order valence-electron chi connectivity index (χ0n) is 76.5. The number of aliphatic hydroxyl groups is 1. The maximum absolute atomic E-state index is 15.7. The first-order valence-electron chi connectivity index (χ1n) is 44.9. The summed E-state index contributed by atoms with van der Waals surface area (Å²) in [6.07, 6.45) is 4.92. The highest BCUT2D eigenvalue weighted by atomic mass is 32.2. The molecule has 0 spiro atoms. The number of benzene rings is 3. The van der Waals surface area contributed by atoms with E-state index in [-0.39, 0.29) is 101 Å². The Bertz CT molecular complexity index is 5040. The summed E-state index contributed by atoms with van der Waals surface area (Å²) in [5, 5.41) is 42.0. The maximum Gasteiger partial charge on any atom is 0.246 e. The van der Waals surface area contributed by atoms with Crippen LogP contribution < -0.4 is 59.7 Å². The molecule has 2 fully saturated rings. The molecule has 716 valence electrons. The second-order valence-corrected chi connectivity index (χ2v) is 35.5. The number of nitrogens with one attached hydrogen (secondary N) is 12. The summed E-state index contributed by atoms with van der Waals surface area (Å²) in [4.78, 5) is 268.